The Hall–Kier alpha value is -2.85. The number of hydrogen-bond donors (Lipinski definition) is 2. The van der Waals surface area contributed by atoms with Gasteiger partial charge in [0.15, 0.2) is 0 Å². The van der Waals surface area contributed by atoms with Gasteiger partial charge >= 0.3 is 12.2 Å². The van der Waals surface area contributed by atoms with Crippen molar-refractivity contribution in [3.8, 4) is 0 Å². The highest BCUT2D eigenvalue weighted by Gasteiger charge is 2.51. The van der Waals surface area contributed by atoms with Crippen LogP contribution < -0.4 is 0 Å². The summed E-state index contributed by atoms with van der Waals surface area (Å²) < 4.78 is 11.7. The van der Waals surface area contributed by atoms with Crippen LogP contribution in [-0.4, -0.2) is 100 Å². The van der Waals surface area contributed by atoms with Gasteiger partial charge in [0, 0.05) is 13.1 Å². The zero-order valence-corrected chi connectivity index (χ0v) is 16.4. The van der Waals surface area contributed by atoms with E-state index in [1.807, 2.05) is 30.3 Å². The van der Waals surface area contributed by atoms with Crippen molar-refractivity contribution >= 4 is 18.1 Å². The third-order valence-corrected chi connectivity index (χ3v) is 6.03. The average Bonchev–Trinajstić information content (AvgIpc) is 2.96. The van der Waals surface area contributed by atoms with E-state index in [2.05, 4.69) is 0 Å². The highest BCUT2D eigenvalue weighted by Crippen LogP contribution is 2.33. The molecule has 0 aromatic heterocycles. The second kappa shape index (κ2) is 8.49. The number of benzene rings is 1. The molecule has 0 saturated carbocycles. The monoisotopic (exact) mass is 419 g/mol. The number of fused-ring (bicyclic) bond motifs is 2. The molecule has 3 heterocycles. The van der Waals surface area contributed by atoms with Gasteiger partial charge in [-0.2, -0.15) is 0 Å². The summed E-state index contributed by atoms with van der Waals surface area (Å²) in [6, 6.07) is 8.12. The first-order valence-electron chi connectivity index (χ1n) is 9.98. The van der Waals surface area contributed by atoms with Crippen molar-refractivity contribution in [3.63, 3.8) is 0 Å². The highest BCUT2D eigenvalue weighted by atomic mass is 16.5. The molecular formula is C20H25N3O7. The van der Waals surface area contributed by atoms with Gasteiger partial charge < -0.3 is 29.5 Å². The molecule has 30 heavy (non-hydrogen) atoms. The quantitative estimate of drug-likeness (QED) is 0.744. The van der Waals surface area contributed by atoms with E-state index in [1.54, 1.807) is 4.90 Å². The minimum atomic E-state index is -1.23. The molecule has 1 aromatic carbocycles. The summed E-state index contributed by atoms with van der Waals surface area (Å²) in [5.41, 5.74) is 1.03. The summed E-state index contributed by atoms with van der Waals surface area (Å²) in [5.74, 6) is -0.382. The Balaban J connectivity index is 1.49. The number of hydrogen-bond acceptors (Lipinski definition) is 5. The van der Waals surface area contributed by atoms with E-state index in [9.17, 15) is 24.6 Å². The van der Waals surface area contributed by atoms with Crippen molar-refractivity contribution in [2.75, 3.05) is 32.8 Å². The molecule has 3 fully saturated rings. The minimum Gasteiger partial charge on any atom is -0.465 e. The number of ether oxygens (including phenoxy) is 2. The van der Waals surface area contributed by atoms with E-state index in [0.717, 1.165) is 15.4 Å². The van der Waals surface area contributed by atoms with Gasteiger partial charge in [-0.3, -0.25) is 9.69 Å². The van der Waals surface area contributed by atoms with Crippen LogP contribution in [-0.2, 0) is 20.9 Å². The van der Waals surface area contributed by atoms with Gasteiger partial charge in [0.05, 0.1) is 44.6 Å². The van der Waals surface area contributed by atoms with Crippen LogP contribution in [0.25, 0.3) is 0 Å². The fourth-order valence-electron chi connectivity index (χ4n) is 4.52. The molecule has 3 aliphatic heterocycles. The summed E-state index contributed by atoms with van der Waals surface area (Å²) in [5, 5.41) is 18.8. The van der Waals surface area contributed by atoms with Gasteiger partial charge in [0.25, 0.3) is 0 Å². The van der Waals surface area contributed by atoms with Crippen molar-refractivity contribution in [2.45, 2.75) is 37.3 Å². The lowest BCUT2D eigenvalue weighted by molar-refractivity contribution is -0.150. The van der Waals surface area contributed by atoms with E-state index in [4.69, 9.17) is 9.47 Å². The Morgan fingerprint density at radius 2 is 1.83 bits per heavy atom. The summed E-state index contributed by atoms with van der Waals surface area (Å²) in [6.45, 7) is 0.914. The Bertz CT molecular complexity index is 805. The largest absolute Gasteiger partial charge is 0.465 e. The molecule has 3 aliphatic rings. The molecule has 3 amide bonds. The Morgan fingerprint density at radius 1 is 1.07 bits per heavy atom. The number of carboxylic acid groups (broad SMARTS) is 2. The van der Waals surface area contributed by atoms with Crippen LogP contribution in [0.5, 0.6) is 0 Å². The maximum Gasteiger partial charge on any atom is 0.408 e. The second-order valence-corrected chi connectivity index (χ2v) is 7.80. The molecule has 1 aromatic rings. The molecule has 2 bridgehead atoms. The molecule has 4 rings (SSSR count). The predicted octanol–water partition coefficient (Wildman–Crippen LogP) is 0.914. The van der Waals surface area contributed by atoms with E-state index < -0.39 is 18.2 Å². The van der Waals surface area contributed by atoms with E-state index in [1.165, 1.54) is 0 Å². The molecule has 162 valence electrons. The predicted molar refractivity (Wildman–Crippen MR) is 103 cm³/mol. The lowest BCUT2D eigenvalue weighted by Gasteiger charge is -2.43. The normalized spacial score (nSPS) is 28.5. The van der Waals surface area contributed by atoms with E-state index >= 15 is 0 Å². The summed E-state index contributed by atoms with van der Waals surface area (Å²) in [4.78, 5) is 40.3. The Labute approximate surface area is 173 Å². The maximum atomic E-state index is 13.4. The minimum absolute atomic E-state index is 0.0361. The second-order valence-electron chi connectivity index (χ2n) is 7.80. The van der Waals surface area contributed by atoms with Gasteiger partial charge in [0.2, 0.25) is 5.91 Å². The van der Waals surface area contributed by atoms with Gasteiger partial charge in [-0.1, -0.05) is 30.3 Å². The molecule has 10 nitrogen and oxygen atoms in total. The van der Waals surface area contributed by atoms with Crippen molar-refractivity contribution in [2.24, 2.45) is 0 Å². The van der Waals surface area contributed by atoms with Crippen molar-refractivity contribution in [3.05, 3.63) is 35.9 Å². The third kappa shape index (κ3) is 3.92. The first-order chi connectivity index (χ1) is 14.5. The average molecular weight is 419 g/mol. The molecule has 2 N–H and O–H groups in total. The molecule has 0 spiro atoms. The Morgan fingerprint density at radius 3 is 2.53 bits per heavy atom. The van der Waals surface area contributed by atoms with Crippen LogP contribution in [0.2, 0.25) is 0 Å². The maximum absolute atomic E-state index is 13.4. The highest BCUT2D eigenvalue weighted by molar-refractivity contribution is 5.87. The molecule has 10 heteroatoms. The lowest BCUT2D eigenvalue weighted by Crippen LogP contribution is -2.64. The molecule has 0 aliphatic carbocycles. The number of carbonyl (C=O) groups is 3. The van der Waals surface area contributed by atoms with Gasteiger partial charge in [-0.25, -0.2) is 9.59 Å². The summed E-state index contributed by atoms with van der Waals surface area (Å²) >= 11 is 0. The smallest absolute Gasteiger partial charge is 0.408 e. The first-order valence-corrected chi connectivity index (χ1v) is 9.98. The van der Waals surface area contributed by atoms with Crippen molar-refractivity contribution in [1.82, 2.24) is 14.7 Å². The van der Waals surface area contributed by atoms with Crippen LogP contribution in [0.3, 0.4) is 0 Å². The van der Waals surface area contributed by atoms with Crippen LogP contribution in [0, 0.1) is 0 Å². The topological polar surface area (TPSA) is 120 Å². The number of nitrogens with zero attached hydrogens (tertiary/aromatic N) is 3. The van der Waals surface area contributed by atoms with E-state index in [0.29, 0.717) is 26.2 Å². The summed E-state index contributed by atoms with van der Waals surface area (Å²) in [6.07, 6.45) is -2.01. The number of carbonyl (C=O) groups excluding carboxylic acids is 1. The van der Waals surface area contributed by atoms with E-state index in [-0.39, 0.29) is 43.7 Å². The standard InChI is InChI=1S/C20H25N3O7/c24-18(15-9-21(19(25)26)6-7-22(15)20(27)28)23-14-8-17(16(23)12-29-11-14)30-10-13-4-2-1-3-5-13/h1-5,14-17H,6-12H2,(H,25,26)(H,27,28)/t14?,15-,16?,17?/m1/s1. The molecule has 3 saturated heterocycles. The van der Waals surface area contributed by atoms with Crippen LogP contribution >= 0.6 is 0 Å². The zero-order chi connectivity index (χ0) is 21.3. The fraction of sp³-hybridized carbons (Fsp3) is 0.550. The van der Waals surface area contributed by atoms with Crippen molar-refractivity contribution < 1.29 is 34.1 Å². The number of morpholine rings is 1. The van der Waals surface area contributed by atoms with Gasteiger partial charge in [-0.15, -0.1) is 0 Å². The molecule has 3 unspecified atom stereocenters. The van der Waals surface area contributed by atoms with Crippen LogP contribution in [0.1, 0.15) is 12.0 Å². The number of piperazine rings is 1. The number of amides is 3. The molecule has 4 atom stereocenters. The lowest BCUT2D eigenvalue weighted by atomic mass is 10.1. The van der Waals surface area contributed by atoms with Crippen molar-refractivity contribution in [1.29, 1.82) is 0 Å². The SMILES string of the molecule is O=C(O)N1CCN(C(=O)O)[C@@H](C(=O)N2C3COCC2C(OCc2ccccc2)C3)C1. The number of rotatable bonds is 4. The Kier molecular flexibility index (Phi) is 5.78. The first kappa shape index (κ1) is 20.4. The van der Waals surface area contributed by atoms with Gasteiger partial charge in [-0.05, 0) is 12.0 Å². The van der Waals surface area contributed by atoms with Crippen LogP contribution in [0.15, 0.2) is 30.3 Å². The third-order valence-electron chi connectivity index (χ3n) is 6.03. The fourth-order valence-corrected chi connectivity index (χ4v) is 4.52. The molecule has 0 radical (unpaired) electrons. The van der Waals surface area contributed by atoms with Crippen LogP contribution in [0.4, 0.5) is 9.59 Å². The molecular weight excluding hydrogens is 394 g/mol. The summed E-state index contributed by atoms with van der Waals surface area (Å²) in [7, 11) is 0. The zero-order valence-electron chi connectivity index (χ0n) is 16.4. The van der Waals surface area contributed by atoms with Gasteiger partial charge in [0.1, 0.15) is 6.04 Å².